The predicted molar refractivity (Wildman–Crippen MR) is 116 cm³/mol. The van der Waals surface area contributed by atoms with Crippen LogP contribution in [-0.2, 0) is 16.1 Å². The van der Waals surface area contributed by atoms with Crippen LogP contribution in [0, 0.1) is 0 Å². The first-order valence-corrected chi connectivity index (χ1v) is 10.00. The number of aromatic carboxylic acids is 1. The van der Waals surface area contributed by atoms with E-state index in [4.69, 9.17) is 26.8 Å². The van der Waals surface area contributed by atoms with Gasteiger partial charge in [-0.1, -0.05) is 48.2 Å². The number of carboxylic acid groups (broad SMARTS) is 1. The molecular formula is C21H19NO5S2. The summed E-state index contributed by atoms with van der Waals surface area (Å²) in [5.74, 6) is -0.386. The lowest BCUT2D eigenvalue weighted by molar-refractivity contribution is -0.122. The molecule has 1 aliphatic heterocycles. The Morgan fingerprint density at radius 3 is 2.48 bits per heavy atom. The van der Waals surface area contributed by atoms with E-state index in [1.54, 1.807) is 42.4 Å². The van der Waals surface area contributed by atoms with Gasteiger partial charge in [0, 0.05) is 7.11 Å². The summed E-state index contributed by atoms with van der Waals surface area (Å²) in [6.45, 7) is 1.21. The first-order chi connectivity index (χ1) is 14.0. The molecule has 1 fully saturated rings. The average molecular weight is 430 g/mol. The first-order valence-electron chi connectivity index (χ1n) is 8.77. The Hall–Kier alpha value is -2.68. The summed E-state index contributed by atoms with van der Waals surface area (Å²) in [6, 6.07) is 13.9. The maximum Gasteiger partial charge on any atom is 0.335 e. The Labute approximate surface area is 178 Å². The molecule has 8 heteroatoms. The highest BCUT2D eigenvalue weighted by molar-refractivity contribution is 8.26. The van der Waals surface area contributed by atoms with Gasteiger partial charge in [0.15, 0.2) is 0 Å². The second kappa shape index (κ2) is 9.69. The van der Waals surface area contributed by atoms with Crippen molar-refractivity contribution in [3.63, 3.8) is 0 Å². The lowest BCUT2D eigenvalue weighted by Crippen LogP contribution is -2.31. The van der Waals surface area contributed by atoms with Crippen molar-refractivity contribution in [3.8, 4) is 5.75 Å². The molecule has 0 unspecified atom stereocenters. The van der Waals surface area contributed by atoms with Gasteiger partial charge >= 0.3 is 5.97 Å². The van der Waals surface area contributed by atoms with E-state index in [1.807, 2.05) is 24.3 Å². The van der Waals surface area contributed by atoms with Crippen LogP contribution in [0.1, 0.15) is 21.5 Å². The number of hydrogen-bond acceptors (Lipinski definition) is 6. The number of carbonyl (C=O) groups is 2. The molecule has 1 heterocycles. The van der Waals surface area contributed by atoms with E-state index in [9.17, 15) is 9.59 Å². The van der Waals surface area contributed by atoms with E-state index >= 15 is 0 Å². The molecule has 1 amide bonds. The number of nitrogens with zero attached hydrogens (tertiary/aromatic N) is 1. The summed E-state index contributed by atoms with van der Waals surface area (Å²) < 4.78 is 11.3. The van der Waals surface area contributed by atoms with Gasteiger partial charge < -0.3 is 14.6 Å². The topological polar surface area (TPSA) is 76.1 Å². The molecular weight excluding hydrogens is 410 g/mol. The lowest BCUT2D eigenvalue weighted by atomic mass is 10.1. The minimum atomic E-state index is -0.955. The number of amides is 1. The highest BCUT2D eigenvalue weighted by Crippen LogP contribution is 2.32. The maximum absolute atomic E-state index is 12.5. The van der Waals surface area contributed by atoms with E-state index in [1.165, 1.54) is 11.8 Å². The van der Waals surface area contributed by atoms with Crippen LogP contribution in [0.2, 0.25) is 0 Å². The number of rotatable bonds is 8. The summed E-state index contributed by atoms with van der Waals surface area (Å²) in [5, 5.41) is 8.92. The molecule has 0 spiro atoms. The van der Waals surface area contributed by atoms with Crippen LogP contribution in [0.25, 0.3) is 6.08 Å². The fourth-order valence-corrected chi connectivity index (χ4v) is 3.91. The molecule has 0 aliphatic carbocycles. The van der Waals surface area contributed by atoms with Gasteiger partial charge in [0.2, 0.25) is 0 Å². The predicted octanol–water partition coefficient (Wildman–Crippen LogP) is 3.81. The molecule has 2 aromatic rings. The van der Waals surface area contributed by atoms with E-state index in [0.29, 0.717) is 34.7 Å². The SMILES string of the molecule is COCCN1C(=O)/C(=C/c2ccc(OCc3ccc(C(=O)O)cc3)cc2)SC1=S. The fraction of sp³-hybridized carbons (Fsp3) is 0.190. The molecule has 6 nitrogen and oxygen atoms in total. The minimum absolute atomic E-state index is 0.109. The molecule has 1 N–H and O–H groups in total. The van der Waals surface area contributed by atoms with Gasteiger partial charge in [0.25, 0.3) is 5.91 Å². The Morgan fingerprint density at radius 1 is 1.17 bits per heavy atom. The van der Waals surface area contributed by atoms with Crippen molar-refractivity contribution in [2.45, 2.75) is 6.61 Å². The van der Waals surface area contributed by atoms with Gasteiger partial charge in [-0.15, -0.1) is 0 Å². The zero-order valence-corrected chi connectivity index (χ0v) is 17.3. The van der Waals surface area contributed by atoms with Crippen molar-refractivity contribution in [1.82, 2.24) is 4.90 Å². The van der Waals surface area contributed by atoms with Crippen LogP contribution >= 0.6 is 24.0 Å². The number of ether oxygens (including phenoxy) is 2. The van der Waals surface area contributed by atoms with Crippen molar-refractivity contribution in [2.24, 2.45) is 0 Å². The van der Waals surface area contributed by atoms with Crippen LogP contribution in [-0.4, -0.2) is 46.5 Å². The van der Waals surface area contributed by atoms with Gasteiger partial charge in [0.05, 0.1) is 23.6 Å². The Bertz CT molecular complexity index is 939. The summed E-state index contributed by atoms with van der Waals surface area (Å²) in [4.78, 5) is 25.5. The molecule has 2 aromatic carbocycles. The zero-order chi connectivity index (χ0) is 20.8. The third kappa shape index (κ3) is 5.44. The number of methoxy groups -OCH3 is 1. The summed E-state index contributed by atoms with van der Waals surface area (Å²) in [5.41, 5.74) is 1.99. The molecule has 0 saturated carbocycles. The Kier molecular flexibility index (Phi) is 7.03. The smallest absolute Gasteiger partial charge is 0.335 e. The van der Waals surface area contributed by atoms with E-state index in [-0.39, 0.29) is 11.5 Å². The van der Waals surface area contributed by atoms with Crippen molar-refractivity contribution in [2.75, 3.05) is 20.3 Å². The largest absolute Gasteiger partial charge is 0.489 e. The minimum Gasteiger partial charge on any atom is -0.489 e. The highest BCUT2D eigenvalue weighted by Gasteiger charge is 2.31. The van der Waals surface area contributed by atoms with Gasteiger partial charge in [-0.25, -0.2) is 4.79 Å². The number of hydrogen-bond donors (Lipinski definition) is 1. The van der Waals surface area contributed by atoms with Gasteiger partial charge in [-0.2, -0.15) is 0 Å². The standard InChI is InChI=1S/C21H19NO5S2/c1-26-11-10-22-19(23)18(29-21(22)28)12-14-4-8-17(9-5-14)27-13-15-2-6-16(7-3-15)20(24)25/h2-9,12H,10-11,13H2,1H3,(H,24,25)/b18-12-. The van der Waals surface area contributed by atoms with Crippen LogP contribution in [0.3, 0.4) is 0 Å². The third-order valence-electron chi connectivity index (χ3n) is 4.18. The van der Waals surface area contributed by atoms with Crippen LogP contribution in [0.5, 0.6) is 5.75 Å². The molecule has 0 aromatic heterocycles. The quantitative estimate of drug-likeness (QED) is 0.505. The molecule has 150 valence electrons. The third-order valence-corrected chi connectivity index (χ3v) is 5.55. The number of carbonyl (C=O) groups excluding carboxylic acids is 1. The molecule has 1 saturated heterocycles. The lowest BCUT2D eigenvalue weighted by Gasteiger charge is -2.12. The monoisotopic (exact) mass is 429 g/mol. The van der Waals surface area contributed by atoms with Gasteiger partial charge in [0.1, 0.15) is 16.7 Å². The average Bonchev–Trinajstić information content (AvgIpc) is 2.98. The molecule has 0 bridgehead atoms. The molecule has 29 heavy (non-hydrogen) atoms. The van der Waals surface area contributed by atoms with Gasteiger partial charge in [-0.05, 0) is 41.5 Å². The van der Waals surface area contributed by atoms with E-state index in [0.717, 1.165) is 11.1 Å². The first kappa shape index (κ1) is 21.0. The summed E-state index contributed by atoms with van der Waals surface area (Å²) in [6.07, 6.45) is 1.81. The molecule has 3 rings (SSSR count). The van der Waals surface area contributed by atoms with Crippen LogP contribution in [0.15, 0.2) is 53.4 Å². The van der Waals surface area contributed by atoms with Crippen LogP contribution < -0.4 is 4.74 Å². The maximum atomic E-state index is 12.5. The number of thiocarbonyl (C=S) groups is 1. The number of carboxylic acids is 1. The normalized spacial score (nSPS) is 15.2. The number of benzene rings is 2. The van der Waals surface area contributed by atoms with Crippen molar-refractivity contribution >= 4 is 46.3 Å². The van der Waals surface area contributed by atoms with Crippen LogP contribution in [0.4, 0.5) is 0 Å². The zero-order valence-electron chi connectivity index (χ0n) is 15.7. The highest BCUT2D eigenvalue weighted by atomic mass is 32.2. The van der Waals surface area contributed by atoms with Gasteiger partial charge in [-0.3, -0.25) is 9.69 Å². The molecule has 0 atom stereocenters. The number of thioether (sulfide) groups is 1. The van der Waals surface area contributed by atoms with E-state index in [2.05, 4.69) is 0 Å². The summed E-state index contributed by atoms with van der Waals surface area (Å²) >= 11 is 6.55. The fourth-order valence-electron chi connectivity index (χ4n) is 2.60. The van der Waals surface area contributed by atoms with Crippen molar-refractivity contribution < 1.29 is 24.2 Å². The Balaban J connectivity index is 1.60. The van der Waals surface area contributed by atoms with Crippen molar-refractivity contribution in [1.29, 1.82) is 0 Å². The van der Waals surface area contributed by atoms with E-state index < -0.39 is 5.97 Å². The second-order valence-corrected chi connectivity index (χ2v) is 7.86. The van der Waals surface area contributed by atoms with Crippen molar-refractivity contribution in [3.05, 3.63) is 70.1 Å². The Morgan fingerprint density at radius 2 is 1.86 bits per heavy atom. The molecule has 1 aliphatic rings. The second-order valence-electron chi connectivity index (χ2n) is 6.19. The molecule has 0 radical (unpaired) electrons. The summed E-state index contributed by atoms with van der Waals surface area (Å²) in [7, 11) is 1.59.